The zero-order valence-corrected chi connectivity index (χ0v) is 28.2. The predicted octanol–water partition coefficient (Wildman–Crippen LogP) is 5.03. The second-order valence-electron chi connectivity index (χ2n) is 13.3. The molecule has 0 unspecified atom stereocenters. The highest BCUT2D eigenvalue weighted by Gasteiger charge is 2.44. The van der Waals surface area contributed by atoms with Crippen molar-refractivity contribution < 1.29 is 32.5 Å². The number of nitrogens with one attached hydrogen (secondary N) is 1. The number of ether oxygens (including phenoxy) is 3. The maximum Gasteiger partial charge on any atom is 0.264 e. The van der Waals surface area contributed by atoms with Gasteiger partial charge in [0, 0.05) is 36.2 Å². The highest BCUT2D eigenvalue weighted by molar-refractivity contribution is 7.90. The van der Waals surface area contributed by atoms with Crippen LogP contribution >= 0.6 is 11.6 Å². The predicted molar refractivity (Wildman–Crippen MR) is 178 cm³/mol. The molecule has 2 aromatic rings. The van der Waals surface area contributed by atoms with Gasteiger partial charge in [-0.15, -0.1) is 0 Å². The van der Waals surface area contributed by atoms with Gasteiger partial charge in [0.25, 0.3) is 5.91 Å². The Labute approximate surface area is 277 Å². The van der Waals surface area contributed by atoms with Crippen LogP contribution in [0.25, 0.3) is 0 Å². The van der Waals surface area contributed by atoms with Gasteiger partial charge in [-0.1, -0.05) is 36.7 Å². The maximum atomic E-state index is 13.7. The van der Waals surface area contributed by atoms with Crippen LogP contribution in [0, 0.1) is 11.8 Å². The third-order valence-corrected chi connectivity index (χ3v) is 12.6. The Morgan fingerprint density at radius 2 is 2.02 bits per heavy atom. The Hall–Kier alpha value is -2.63. The molecule has 250 valence electrons. The highest BCUT2D eigenvalue weighted by Crippen LogP contribution is 2.46. The first kappa shape index (κ1) is 33.3. The number of methoxy groups -OCH3 is 1. The van der Waals surface area contributed by atoms with Crippen LogP contribution in [0.3, 0.4) is 0 Å². The molecule has 1 spiro atoms. The summed E-state index contributed by atoms with van der Waals surface area (Å²) in [5.74, 6) is 0.273. The Kier molecular flexibility index (Phi) is 10.0. The number of sulfonamides is 1. The second kappa shape index (κ2) is 13.8. The van der Waals surface area contributed by atoms with Gasteiger partial charge in [0.15, 0.2) is 0 Å². The summed E-state index contributed by atoms with van der Waals surface area (Å²) in [7, 11) is -2.57. The molecule has 6 atom stereocenters. The van der Waals surface area contributed by atoms with Gasteiger partial charge >= 0.3 is 0 Å². The normalized spacial score (nSPS) is 31.4. The number of aryl methyl sites for hydroxylation is 1. The third-order valence-electron chi connectivity index (χ3n) is 10.4. The number of aliphatic hydroxyl groups is 1. The van der Waals surface area contributed by atoms with E-state index in [-0.39, 0.29) is 42.3 Å². The van der Waals surface area contributed by atoms with Crippen molar-refractivity contribution in [2.45, 2.75) is 74.7 Å². The average Bonchev–Trinajstić information content (AvgIpc) is 3.15. The van der Waals surface area contributed by atoms with Gasteiger partial charge in [-0.2, -0.15) is 0 Å². The quantitative estimate of drug-likeness (QED) is 0.336. The van der Waals surface area contributed by atoms with E-state index in [0.29, 0.717) is 32.1 Å². The van der Waals surface area contributed by atoms with E-state index in [1.54, 1.807) is 38.3 Å². The van der Waals surface area contributed by atoms with Gasteiger partial charge in [0.1, 0.15) is 11.0 Å². The lowest BCUT2D eigenvalue weighted by Crippen LogP contribution is -2.49. The molecule has 2 N–H and O–H groups in total. The fraction of sp³-hybridized carbons (Fsp3) is 0.571. The molecule has 2 aliphatic carbocycles. The topological polar surface area (TPSA) is 114 Å². The molecule has 2 bridgehead atoms. The van der Waals surface area contributed by atoms with Crippen LogP contribution in [0.5, 0.6) is 5.75 Å². The van der Waals surface area contributed by atoms with Gasteiger partial charge in [-0.25, -0.2) is 13.1 Å². The molecule has 1 saturated carbocycles. The number of carbonyl (C=O) groups excluding carboxylic acids is 1. The van der Waals surface area contributed by atoms with Gasteiger partial charge in [-0.3, -0.25) is 4.79 Å². The van der Waals surface area contributed by atoms with Crippen LogP contribution < -0.4 is 14.4 Å². The van der Waals surface area contributed by atoms with Crippen LogP contribution in [0.2, 0.25) is 5.02 Å². The Morgan fingerprint density at radius 3 is 2.78 bits per heavy atom. The molecule has 2 heterocycles. The molecule has 0 aromatic heterocycles. The van der Waals surface area contributed by atoms with E-state index in [1.807, 2.05) is 12.1 Å². The van der Waals surface area contributed by atoms with Crippen molar-refractivity contribution in [2.24, 2.45) is 11.8 Å². The molecular formula is C35H45ClN2O7S. The van der Waals surface area contributed by atoms with Gasteiger partial charge < -0.3 is 24.2 Å². The summed E-state index contributed by atoms with van der Waals surface area (Å²) >= 11 is 6.40. The molecule has 2 aromatic carbocycles. The molecule has 4 aliphatic rings. The first-order valence-corrected chi connectivity index (χ1v) is 18.4. The summed E-state index contributed by atoms with van der Waals surface area (Å²) in [6.45, 7) is 4.12. The van der Waals surface area contributed by atoms with Gasteiger partial charge in [0.2, 0.25) is 10.0 Å². The standard InChI is InChI=1S/C35H45ClN2O7S/c1-3-33-32(44-17-16-43-2)8-4-7-30(39)27-12-9-25(27)20-38-21-35(15-5-6-23-18-26(36)11-13-28(23)35)22-45-31-14-10-24(19-29(31)38)34(40)37-46(33,41)42/h4,7,10-11,13-14,18-19,25,27,30,32-33,39H,3,5-6,8-9,12,15-17,20-22H2,1-2H3,(H,37,40)/b7-4-/t25-,27+,30-,32+,33+,35-/m0/s1. The van der Waals surface area contributed by atoms with E-state index < -0.39 is 33.4 Å². The van der Waals surface area contributed by atoms with Gasteiger partial charge in [0.05, 0.1) is 37.7 Å². The van der Waals surface area contributed by atoms with E-state index in [2.05, 4.69) is 21.8 Å². The van der Waals surface area contributed by atoms with Crippen molar-refractivity contribution >= 4 is 33.2 Å². The Morgan fingerprint density at radius 1 is 1.17 bits per heavy atom. The van der Waals surface area contributed by atoms with E-state index >= 15 is 0 Å². The number of nitrogens with zero attached hydrogens (tertiary/aromatic N) is 1. The average molecular weight is 673 g/mol. The Balaban J connectivity index is 1.39. The zero-order valence-electron chi connectivity index (χ0n) is 26.6. The van der Waals surface area contributed by atoms with Crippen molar-refractivity contribution in [1.29, 1.82) is 0 Å². The van der Waals surface area contributed by atoms with Crippen LogP contribution in [-0.2, 0) is 31.3 Å². The van der Waals surface area contributed by atoms with Crippen molar-refractivity contribution in [3.63, 3.8) is 0 Å². The van der Waals surface area contributed by atoms with Crippen molar-refractivity contribution in [3.8, 4) is 5.75 Å². The number of hydrogen-bond donors (Lipinski definition) is 2. The number of aliphatic hydroxyl groups excluding tert-OH is 1. The molecule has 11 heteroatoms. The molecule has 9 nitrogen and oxygen atoms in total. The molecule has 1 fully saturated rings. The SMILES string of the molecule is CC[C@@H]1[C@H](OCCOC)C/C=C\[C@H](O)[C@@H]2CC[C@H]2CN2C[C@@]3(CCCc4cc(Cl)ccc43)COc3ccc(cc32)C(=O)NS1(=O)=O. The summed E-state index contributed by atoms with van der Waals surface area (Å²) in [6, 6.07) is 11.3. The number of hydrogen-bond acceptors (Lipinski definition) is 8. The fourth-order valence-corrected chi connectivity index (χ4v) is 9.61. The Bertz CT molecular complexity index is 1570. The van der Waals surface area contributed by atoms with Crippen molar-refractivity contribution in [3.05, 3.63) is 70.3 Å². The number of carbonyl (C=O) groups is 1. The molecule has 46 heavy (non-hydrogen) atoms. The van der Waals surface area contributed by atoms with E-state index in [4.69, 9.17) is 25.8 Å². The summed E-state index contributed by atoms with van der Waals surface area (Å²) in [6.07, 6.45) is 7.55. The maximum absolute atomic E-state index is 13.7. The molecule has 1 amide bonds. The largest absolute Gasteiger partial charge is 0.490 e. The third kappa shape index (κ3) is 6.69. The summed E-state index contributed by atoms with van der Waals surface area (Å²) in [5.41, 5.74) is 3.21. The number of halogens is 1. The molecule has 0 saturated heterocycles. The molecular weight excluding hydrogens is 628 g/mol. The lowest BCUT2D eigenvalue weighted by atomic mass is 9.68. The minimum absolute atomic E-state index is 0.0650. The first-order valence-electron chi connectivity index (χ1n) is 16.5. The fourth-order valence-electron chi connectivity index (χ4n) is 7.86. The number of anilines is 1. The smallest absolute Gasteiger partial charge is 0.264 e. The molecule has 0 radical (unpaired) electrons. The minimum atomic E-state index is -4.13. The molecule has 6 rings (SSSR count). The number of benzene rings is 2. The van der Waals surface area contributed by atoms with Crippen LogP contribution in [0.4, 0.5) is 5.69 Å². The van der Waals surface area contributed by atoms with Crippen LogP contribution in [0.15, 0.2) is 48.6 Å². The summed E-state index contributed by atoms with van der Waals surface area (Å²) in [4.78, 5) is 15.9. The number of fused-ring (bicyclic) bond motifs is 4. The van der Waals surface area contributed by atoms with E-state index in [0.717, 1.165) is 42.8 Å². The van der Waals surface area contributed by atoms with Crippen molar-refractivity contribution in [2.75, 3.05) is 44.9 Å². The summed E-state index contributed by atoms with van der Waals surface area (Å²) in [5, 5.41) is 11.0. The second-order valence-corrected chi connectivity index (χ2v) is 15.6. The summed E-state index contributed by atoms with van der Waals surface area (Å²) < 4.78 is 47.3. The zero-order chi connectivity index (χ0) is 32.5. The lowest BCUT2D eigenvalue weighted by molar-refractivity contribution is 0.0156. The molecule has 2 aliphatic heterocycles. The monoisotopic (exact) mass is 672 g/mol. The van der Waals surface area contributed by atoms with E-state index in [1.165, 1.54) is 11.1 Å². The van der Waals surface area contributed by atoms with Gasteiger partial charge in [-0.05, 0) is 98.2 Å². The lowest BCUT2D eigenvalue weighted by Gasteiger charge is -2.45. The van der Waals surface area contributed by atoms with Crippen molar-refractivity contribution in [1.82, 2.24) is 4.72 Å². The number of amides is 1. The first-order chi connectivity index (χ1) is 22.1. The van der Waals surface area contributed by atoms with E-state index in [9.17, 15) is 18.3 Å². The van der Waals surface area contributed by atoms with Crippen LogP contribution in [-0.4, -0.2) is 76.9 Å². The highest BCUT2D eigenvalue weighted by atomic mass is 35.5. The number of rotatable bonds is 5. The van der Waals surface area contributed by atoms with Crippen LogP contribution in [0.1, 0.15) is 66.9 Å². The minimum Gasteiger partial charge on any atom is -0.490 e.